The third-order valence-electron chi connectivity index (χ3n) is 8.37. The lowest BCUT2D eigenvalue weighted by atomic mass is 10.0. The van der Waals surface area contributed by atoms with Crippen LogP contribution >= 0.6 is 0 Å². The van der Waals surface area contributed by atoms with Crippen LogP contribution in [-0.2, 0) is 0 Å². The first-order chi connectivity index (χ1) is 22.8. The molecule has 8 aromatic rings. The molecule has 3 nitrogen and oxygen atoms in total. The average Bonchev–Trinajstić information content (AvgIpc) is 3.13. The zero-order valence-corrected chi connectivity index (χ0v) is 25.2. The molecule has 0 aliphatic carbocycles. The minimum absolute atomic E-state index is 0.973. The van der Waals surface area contributed by atoms with Gasteiger partial charge in [-0.1, -0.05) is 103 Å². The van der Waals surface area contributed by atoms with Crippen LogP contribution in [0.2, 0.25) is 0 Å². The third kappa shape index (κ3) is 5.36. The van der Waals surface area contributed by atoms with Crippen LogP contribution in [0.1, 0.15) is 0 Å². The average molecular weight is 590 g/mol. The molecule has 8 rings (SSSR count). The molecule has 218 valence electrons. The maximum absolute atomic E-state index is 4.97. The van der Waals surface area contributed by atoms with Crippen molar-refractivity contribution in [3.63, 3.8) is 0 Å². The highest BCUT2D eigenvalue weighted by Crippen LogP contribution is 2.41. The van der Waals surface area contributed by atoms with E-state index in [1.807, 2.05) is 6.07 Å². The van der Waals surface area contributed by atoms with Crippen LogP contribution in [0.3, 0.4) is 0 Å². The maximum Gasteiger partial charge on any atom is 0.0709 e. The molecular weight excluding hydrogens is 558 g/mol. The van der Waals surface area contributed by atoms with Gasteiger partial charge in [-0.2, -0.15) is 0 Å². The topological polar surface area (TPSA) is 19.4 Å². The Labute approximate surface area is 269 Å². The Bertz CT molecular complexity index is 2220. The zero-order chi connectivity index (χ0) is 30.7. The maximum atomic E-state index is 4.97. The fourth-order valence-electron chi connectivity index (χ4n) is 6.16. The van der Waals surface area contributed by atoms with Crippen molar-refractivity contribution in [3.8, 4) is 11.3 Å². The molecule has 0 saturated heterocycles. The Kier molecular flexibility index (Phi) is 7.18. The Hall–Kier alpha value is -6.19. The van der Waals surface area contributed by atoms with E-state index in [1.54, 1.807) is 0 Å². The molecule has 0 N–H and O–H groups in total. The molecule has 0 aliphatic rings. The van der Waals surface area contributed by atoms with Crippen molar-refractivity contribution in [2.75, 3.05) is 9.80 Å². The van der Waals surface area contributed by atoms with Crippen LogP contribution in [0.15, 0.2) is 188 Å². The standard InChI is InChI=1S/C43H31N3/c1-4-14-36(15-5-1)45(37-16-6-2-7-17-37)39-20-12-21-40(31-39)46(38-18-8-3-9-19-38)41-27-25-32-23-24-34(29-35(32)30-41)43-28-26-33-13-10-11-22-42(33)44-43/h1-31H. The molecule has 1 heterocycles. The third-order valence-corrected chi connectivity index (χ3v) is 8.37. The molecule has 0 aliphatic heterocycles. The van der Waals surface area contributed by atoms with Gasteiger partial charge in [0.05, 0.1) is 11.2 Å². The van der Waals surface area contributed by atoms with E-state index in [-0.39, 0.29) is 0 Å². The summed E-state index contributed by atoms with van der Waals surface area (Å²) in [5.74, 6) is 0. The highest BCUT2D eigenvalue weighted by atomic mass is 15.2. The fraction of sp³-hybridized carbons (Fsp3) is 0. The minimum atomic E-state index is 0.973. The summed E-state index contributed by atoms with van der Waals surface area (Å²) in [6.45, 7) is 0. The van der Waals surface area contributed by atoms with E-state index in [9.17, 15) is 0 Å². The van der Waals surface area contributed by atoms with Crippen LogP contribution in [0, 0.1) is 0 Å². The Morgan fingerprint density at radius 2 is 0.804 bits per heavy atom. The highest BCUT2D eigenvalue weighted by molar-refractivity contribution is 5.93. The van der Waals surface area contributed by atoms with Gasteiger partial charge in [-0.15, -0.1) is 0 Å². The van der Waals surface area contributed by atoms with E-state index in [1.165, 1.54) is 5.39 Å². The van der Waals surface area contributed by atoms with Gasteiger partial charge in [0, 0.05) is 45.1 Å². The van der Waals surface area contributed by atoms with E-state index in [0.717, 1.165) is 61.7 Å². The summed E-state index contributed by atoms with van der Waals surface area (Å²) in [6.07, 6.45) is 0. The number of fused-ring (bicyclic) bond motifs is 2. The van der Waals surface area contributed by atoms with Crippen molar-refractivity contribution in [3.05, 3.63) is 188 Å². The second-order valence-electron chi connectivity index (χ2n) is 11.3. The molecule has 3 heteroatoms. The Balaban J connectivity index is 1.24. The van der Waals surface area contributed by atoms with E-state index in [0.29, 0.717) is 0 Å². The van der Waals surface area contributed by atoms with Crippen LogP contribution in [0.4, 0.5) is 34.1 Å². The first-order valence-electron chi connectivity index (χ1n) is 15.6. The quantitative estimate of drug-likeness (QED) is 0.184. The van der Waals surface area contributed by atoms with Gasteiger partial charge in [-0.25, -0.2) is 4.98 Å². The smallest absolute Gasteiger partial charge is 0.0709 e. The van der Waals surface area contributed by atoms with Crippen LogP contribution in [-0.4, -0.2) is 4.98 Å². The lowest BCUT2D eigenvalue weighted by molar-refractivity contribution is 1.25. The van der Waals surface area contributed by atoms with Gasteiger partial charge < -0.3 is 9.80 Å². The molecule has 0 radical (unpaired) electrons. The van der Waals surface area contributed by atoms with Crippen molar-refractivity contribution in [2.45, 2.75) is 0 Å². The first kappa shape index (κ1) is 27.4. The number of rotatable bonds is 7. The van der Waals surface area contributed by atoms with Crippen molar-refractivity contribution >= 4 is 55.8 Å². The van der Waals surface area contributed by atoms with Crippen molar-refractivity contribution in [1.29, 1.82) is 0 Å². The van der Waals surface area contributed by atoms with Crippen LogP contribution < -0.4 is 9.80 Å². The van der Waals surface area contributed by atoms with Gasteiger partial charge in [0.2, 0.25) is 0 Å². The molecule has 0 unspecified atom stereocenters. The summed E-state index contributed by atoms with van der Waals surface area (Å²) in [7, 11) is 0. The fourth-order valence-corrected chi connectivity index (χ4v) is 6.16. The summed E-state index contributed by atoms with van der Waals surface area (Å²) >= 11 is 0. The van der Waals surface area contributed by atoms with Crippen molar-refractivity contribution in [2.24, 2.45) is 0 Å². The van der Waals surface area contributed by atoms with Crippen molar-refractivity contribution < 1.29 is 0 Å². The van der Waals surface area contributed by atoms with Gasteiger partial charge >= 0.3 is 0 Å². The molecule has 0 spiro atoms. The summed E-state index contributed by atoms with van der Waals surface area (Å²) in [6, 6.07) is 66.3. The Morgan fingerprint density at radius 1 is 0.304 bits per heavy atom. The normalized spacial score (nSPS) is 11.0. The Morgan fingerprint density at radius 3 is 1.46 bits per heavy atom. The number of pyridine rings is 1. The summed E-state index contributed by atoms with van der Waals surface area (Å²) in [5, 5.41) is 3.50. The SMILES string of the molecule is c1ccc(N(c2ccccc2)c2cccc(N(c3ccccc3)c3ccc4ccc(-c5ccc6ccccc6n5)cc4c3)c2)cc1. The van der Waals surface area contributed by atoms with Gasteiger partial charge in [0.25, 0.3) is 0 Å². The minimum Gasteiger partial charge on any atom is -0.310 e. The number of aromatic nitrogens is 1. The summed E-state index contributed by atoms with van der Waals surface area (Å²) < 4.78 is 0. The lowest BCUT2D eigenvalue weighted by Gasteiger charge is -2.29. The molecule has 0 atom stereocenters. The molecule has 0 saturated carbocycles. The van der Waals surface area contributed by atoms with E-state index in [4.69, 9.17) is 4.98 Å². The van der Waals surface area contributed by atoms with E-state index < -0.39 is 0 Å². The summed E-state index contributed by atoms with van der Waals surface area (Å²) in [4.78, 5) is 9.60. The lowest BCUT2D eigenvalue weighted by Crippen LogP contribution is -2.13. The molecule has 7 aromatic carbocycles. The number of anilines is 6. The largest absolute Gasteiger partial charge is 0.310 e. The summed E-state index contributed by atoms with van der Waals surface area (Å²) in [5.41, 5.74) is 9.64. The predicted octanol–water partition coefficient (Wildman–Crippen LogP) is 12.0. The monoisotopic (exact) mass is 589 g/mol. The number of benzene rings is 7. The number of nitrogens with zero attached hydrogens (tertiary/aromatic N) is 3. The van der Waals surface area contributed by atoms with Crippen molar-refractivity contribution in [1.82, 2.24) is 4.98 Å². The zero-order valence-electron chi connectivity index (χ0n) is 25.2. The van der Waals surface area contributed by atoms with Crippen LogP contribution in [0.25, 0.3) is 32.9 Å². The number of para-hydroxylation sites is 4. The van der Waals surface area contributed by atoms with Gasteiger partial charge in [0.15, 0.2) is 0 Å². The van der Waals surface area contributed by atoms with Gasteiger partial charge in [0.1, 0.15) is 0 Å². The number of hydrogen-bond acceptors (Lipinski definition) is 3. The molecule has 0 fully saturated rings. The second-order valence-corrected chi connectivity index (χ2v) is 11.3. The first-order valence-corrected chi connectivity index (χ1v) is 15.6. The highest BCUT2D eigenvalue weighted by Gasteiger charge is 2.17. The molecule has 46 heavy (non-hydrogen) atoms. The second kappa shape index (κ2) is 12.1. The van der Waals surface area contributed by atoms with Gasteiger partial charge in [-0.05, 0) is 95.7 Å². The van der Waals surface area contributed by atoms with E-state index in [2.05, 4.69) is 192 Å². The number of hydrogen-bond donors (Lipinski definition) is 0. The molecule has 0 amide bonds. The molecule has 1 aromatic heterocycles. The van der Waals surface area contributed by atoms with E-state index >= 15 is 0 Å². The van der Waals surface area contributed by atoms with Gasteiger partial charge in [-0.3, -0.25) is 0 Å². The predicted molar refractivity (Wildman–Crippen MR) is 194 cm³/mol. The molecule has 0 bridgehead atoms. The van der Waals surface area contributed by atoms with Crippen LogP contribution in [0.5, 0.6) is 0 Å². The molecular formula is C43H31N3.